The third-order valence-corrected chi connectivity index (χ3v) is 4.78. The highest BCUT2D eigenvalue weighted by atomic mass is 19.1. The molecule has 0 aliphatic carbocycles. The quantitative estimate of drug-likeness (QED) is 0.418. The molecule has 0 unspecified atom stereocenters. The van der Waals surface area contributed by atoms with Gasteiger partial charge in [-0.3, -0.25) is 9.59 Å². The number of anilines is 1. The highest BCUT2D eigenvalue weighted by Crippen LogP contribution is 2.41. The standard InChI is InChI=1S/C25H19F2N3O3/c1-15(31)28-19-11-7-17(8-12-19)23-24(21-5-3-4-6-22(21)27)29-30(25(23)33-16(2)32)20-13-9-18(26)10-14-20/h3-14H,1-2H3,(H,28,31). The van der Waals surface area contributed by atoms with E-state index < -0.39 is 17.6 Å². The molecular formula is C25H19F2N3O3. The predicted molar refractivity (Wildman–Crippen MR) is 120 cm³/mol. The van der Waals surface area contributed by atoms with E-state index in [0.29, 0.717) is 22.5 Å². The van der Waals surface area contributed by atoms with E-state index in [0.717, 1.165) is 0 Å². The summed E-state index contributed by atoms with van der Waals surface area (Å²) in [6, 6.07) is 18.3. The fourth-order valence-electron chi connectivity index (χ4n) is 3.42. The molecule has 1 N–H and O–H groups in total. The van der Waals surface area contributed by atoms with Crippen molar-refractivity contribution in [2.45, 2.75) is 13.8 Å². The first-order valence-corrected chi connectivity index (χ1v) is 10.0. The molecule has 4 aromatic rings. The lowest BCUT2D eigenvalue weighted by Gasteiger charge is -2.10. The molecule has 0 atom stereocenters. The molecular weight excluding hydrogens is 428 g/mol. The molecule has 0 spiro atoms. The van der Waals surface area contributed by atoms with Crippen molar-refractivity contribution in [1.82, 2.24) is 9.78 Å². The molecule has 8 heteroatoms. The smallest absolute Gasteiger partial charge is 0.309 e. The highest BCUT2D eigenvalue weighted by molar-refractivity contribution is 5.91. The minimum absolute atomic E-state index is 0.0552. The van der Waals surface area contributed by atoms with E-state index in [2.05, 4.69) is 10.4 Å². The van der Waals surface area contributed by atoms with Crippen molar-refractivity contribution in [3.8, 4) is 34.0 Å². The first-order valence-electron chi connectivity index (χ1n) is 10.0. The Morgan fingerprint density at radius 3 is 2.18 bits per heavy atom. The Labute approximate surface area is 188 Å². The number of ether oxygens (including phenoxy) is 1. The highest BCUT2D eigenvalue weighted by Gasteiger charge is 2.26. The van der Waals surface area contributed by atoms with Crippen LogP contribution >= 0.6 is 0 Å². The normalized spacial score (nSPS) is 10.7. The number of amides is 1. The second-order valence-electron chi connectivity index (χ2n) is 7.25. The van der Waals surface area contributed by atoms with Crippen LogP contribution in [0.25, 0.3) is 28.1 Å². The number of hydrogen-bond donors (Lipinski definition) is 1. The molecule has 0 aliphatic heterocycles. The Hall–Kier alpha value is -4.33. The zero-order valence-electron chi connectivity index (χ0n) is 17.8. The van der Waals surface area contributed by atoms with E-state index in [4.69, 9.17) is 4.74 Å². The lowest BCUT2D eigenvalue weighted by Crippen LogP contribution is -2.08. The summed E-state index contributed by atoms with van der Waals surface area (Å²) in [5.74, 6) is -1.72. The fourth-order valence-corrected chi connectivity index (χ4v) is 3.42. The number of nitrogens with zero attached hydrogens (tertiary/aromatic N) is 2. The zero-order chi connectivity index (χ0) is 23.5. The van der Waals surface area contributed by atoms with Gasteiger partial charge < -0.3 is 10.1 Å². The molecule has 0 bridgehead atoms. The monoisotopic (exact) mass is 447 g/mol. The molecule has 3 aromatic carbocycles. The van der Waals surface area contributed by atoms with Gasteiger partial charge in [-0.1, -0.05) is 24.3 Å². The van der Waals surface area contributed by atoms with Gasteiger partial charge in [0.1, 0.15) is 17.3 Å². The predicted octanol–water partition coefficient (Wildman–Crippen LogP) is 5.37. The SMILES string of the molecule is CC(=O)Nc1ccc(-c2c(-c3ccccc3F)nn(-c3ccc(F)cc3)c2OC(C)=O)cc1. The van der Waals surface area contributed by atoms with Gasteiger partial charge in [-0.25, -0.2) is 8.78 Å². The zero-order valence-corrected chi connectivity index (χ0v) is 17.8. The van der Waals surface area contributed by atoms with Gasteiger partial charge in [-0.2, -0.15) is 9.78 Å². The van der Waals surface area contributed by atoms with Crippen molar-refractivity contribution in [3.63, 3.8) is 0 Å². The van der Waals surface area contributed by atoms with Gasteiger partial charge in [0.25, 0.3) is 0 Å². The van der Waals surface area contributed by atoms with E-state index in [9.17, 15) is 18.4 Å². The number of esters is 1. The van der Waals surface area contributed by atoms with Crippen LogP contribution in [-0.2, 0) is 9.59 Å². The maximum absolute atomic E-state index is 14.8. The first-order chi connectivity index (χ1) is 15.8. The van der Waals surface area contributed by atoms with Gasteiger partial charge in [-0.15, -0.1) is 0 Å². The largest absolute Gasteiger partial charge is 0.407 e. The Kier molecular flexibility index (Phi) is 5.99. The van der Waals surface area contributed by atoms with Crippen molar-refractivity contribution in [1.29, 1.82) is 0 Å². The molecule has 1 aromatic heterocycles. The third-order valence-electron chi connectivity index (χ3n) is 4.78. The number of benzene rings is 3. The average molecular weight is 447 g/mol. The number of rotatable bonds is 5. The Morgan fingerprint density at radius 2 is 1.58 bits per heavy atom. The Bertz CT molecular complexity index is 1330. The van der Waals surface area contributed by atoms with Crippen molar-refractivity contribution >= 4 is 17.6 Å². The van der Waals surface area contributed by atoms with Crippen LogP contribution in [0.4, 0.5) is 14.5 Å². The minimum Gasteiger partial charge on any atom is -0.407 e. The second-order valence-corrected chi connectivity index (χ2v) is 7.25. The molecule has 0 saturated heterocycles. The van der Waals surface area contributed by atoms with Crippen LogP contribution in [0, 0.1) is 11.6 Å². The van der Waals surface area contributed by atoms with Gasteiger partial charge >= 0.3 is 5.97 Å². The lowest BCUT2D eigenvalue weighted by atomic mass is 10.0. The summed E-state index contributed by atoms with van der Waals surface area (Å²) in [6.45, 7) is 2.64. The number of hydrogen-bond acceptors (Lipinski definition) is 4. The first kappa shape index (κ1) is 21.9. The van der Waals surface area contributed by atoms with Gasteiger partial charge in [-0.05, 0) is 54.1 Å². The van der Waals surface area contributed by atoms with Crippen LogP contribution < -0.4 is 10.1 Å². The van der Waals surface area contributed by atoms with E-state index in [1.807, 2.05) is 0 Å². The topological polar surface area (TPSA) is 73.2 Å². The maximum Gasteiger partial charge on any atom is 0.309 e. The maximum atomic E-state index is 14.8. The van der Waals surface area contributed by atoms with Gasteiger partial charge in [0, 0.05) is 25.1 Å². The van der Waals surface area contributed by atoms with Crippen LogP contribution in [0.2, 0.25) is 0 Å². The van der Waals surface area contributed by atoms with E-state index in [-0.39, 0.29) is 23.0 Å². The number of nitrogens with one attached hydrogen (secondary N) is 1. The van der Waals surface area contributed by atoms with E-state index in [1.54, 1.807) is 42.5 Å². The van der Waals surface area contributed by atoms with Gasteiger partial charge in [0.15, 0.2) is 0 Å². The molecule has 1 amide bonds. The van der Waals surface area contributed by atoms with Crippen molar-refractivity contribution in [2.24, 2.45) is 0 Å². The van der Waals surface area contributed by atoms with Crippen LogP contribution in [0.15, 0.2) is 72.8 Å². The molecule has 6 nitrogen and oxygen atoms in total. The minimum atomic E-state index is -0.602. The summed E-state index contributed by atoms with van der Waals surface area (Å²) in [5.41, 5.74) is 2.37. The van der Waals surface area contributed by atoms with Crippen LogP contribution in [0.5, 0.6) is 5.88 Å². The third kappa shape index (κ3) is 4.64. The van der Waals surface area contributed by atoms with Crippen LogP contribution in [0.1, 0.15) is 13.8 Å². The summed E-state index contributed by atoms with van der Waals surface area (Å²) in [7, 11) is 0. The summed E-state index contributed by atoms with van der Waals surface area (Å²) in [5, 5.41) is 7.23. The van der Waals surface area contributed by atoms with Crippen LogP contribution in [0.3, 0.4) is 0 Å². The molecule has 33 heavy (non-hydrogen) atoms. The fraction of sp³-hybridized carbons (Fsp3) is 0.0800. The second kappa shape index (κ2) is 9.04. The molecule has 4 rings (SSSR count). The summed E-state index contributed by atoms with van der Waals surface area (Å²) in [6.07, 6.45) is 0. The Morgan fingerprint density at radius 1 is 0.909 bits per heavy atom. The van der Waals surface area contributed by atoms with Crippen LogP contribution in [-0.4, -0.2) is 21.7 Å². The average Bonchev–Trinajstić information content (AvgIpc) is 3.13. The number of halogens is 2. The number of carbonyl (C=O) groups is 2. The van der Waals surface area contributed by atoms with Gasteiger partial charge in [0.05, 0.1) is 11.3 Å². The summed E-state index contributed by atoms with van der Waals surface area (Å²) in [4.78, 5) is 23.3. The molecule has 0 radical (unpaired) electrons. The molecule has 1 heterocycles. The van der Waals surface area contributed by atoms with Crippen molar-refractivity contribution < 1.29 is 23.1 Å². The molecule has 166 valence electrons. The van der Waals surface area contributed by atoms with E-state index >= 15 is 0 Å². The number of carbonyl (C=O) groups excluding carboxylic acids is 2. The number of aromatic nitrogens is 2. The summed E-state index contributed by atoms with van der Waals surface area (Å²) < 4.78 is 35.2. The Balaban J connectivity index is 1.99. The van der Waals surface area contributed by atoms with E-state index in [1.165, 1.54) is 48.9 Å². The summed E-state index contributed by atoms with van der Waals surface area (Å²) >= 11 is 0. The molecule has 0 fully saturated rings. The molecule has 0 aliphatic rings. The molecule has 0 saturated carbocycles. The van der Waals surface area contributed by atoms with Crippen molar-refractivity contribution in [2.75, 3.05) is 5.32 Å². The van der Waals surface area contributed by atoms with Crippen molar-refractivity contribution in [3.05, 3.63) is 84.4 Å². The lowest BCUT2D eigenvalue weighted by molar-refractivity contribution is -0.132. The van der Waals surface area contributed by atoms with Gasteiger partial charge in [0.2, 0.25) is 11.8 Å².